The summed E-state index contributed by atoms with van der Waals surface area (Å²) in [6.07, 6.45) is 0.874. The molecule has 2 amide bonds. The number of methoxy groups -OCH3 is 1. The van der Waals surface area contributed by atoms with Crippen molar-refractivity contribution in [1.29, 1.82) is 0 Å². The maximum Gasteiger partial charge on any atom is 0.339 e. The molecule has 2 saturated carbocycles. The summed E-state index contributed by atoms with van der Waals surface area (Å²) in [6.45, 7) is 1.50. The third-order valence-electron chi connectivity index (χ3n) is 9.34. The van der Waals surface area contributed by atoms with Crippen LogP contribution in [0.4, 0.5) is 5.69 Å². The Morgan fingerprint density at radius 2 is 1.53 bits per heavy atom. The van der Waals surface area contributed by atoms with E-state index < -0.39 is 12.6 Å². The van der Waals surface area contributed by atoms with Crippen molar-refractivity contribution in [3.63, 3.8) is 0 Å². The van der Waals surface area contributed by atoms with Gasteiger partial charge in [-0.15, -0.1) is 0 Å². The molecule has 0 N–H and O–H groups in total. The van der Waals surface area contributed by atoms with E-state index in [1.54, 1.807) is 61.7 Å². The van der Waals surface area contributed by atoms with Crippen molar-refractivity contribution in [2.45, 2.75) is 23.0 Å². The van der Waals surface area contributed by atoms with Gasteiger partial charge in [0.05, 0.1) is 41.4 Å². The van der Waals surface area contributed by atoms with E-state index in [4.69, 9.17) is 14.5 Å². The van der Waals surface area contributed by atoms with E-state index in [-0.39, 0.29) is 56.5 Å². The topological polar surface area (TPSA) is 103 Å². The van der Waals surface area contributed by atoms with Crippen LogP contribution in [-0.2, 0) is 14.3 Å². The number of benzene rings is 3. The lowest BCUT2D eigenvalue weighted by atomic mass is 9.81. The Bertz CT molecular complexity index is 1840. The SMILES string of the molecule is COc1ccc(C(=O)COC(=O)c2cc(-c3ccc(N4C(=O)C5C6CC(C(Br)C6Br)C5C4=O)cc3)nc3ccc(C)cc23)cc1. The van der Waals surface area contributed by atoms with E-state index in [1.165, 1.54) is 4.90 Å². The summed E-state index contributed by atoms with van der Waals surface area (Å²) in [7, 11) is 1.54. The predicted molar refractivity (Wildman–Crippen MR) is 176 cm³/mol. The number of imide groups is 1. The van der Waals surface area contributed by atoms with Crippen molar-refractivity contribution in [3.05, 3.63) is 89.5 Å². The first kappa shape index (κ1) is 29.8. The smallest absolute Gasteiger partial charge is 0.339 e. The maximum absolute atomic E-state index is 13.5. The number of amides is 2. The number of pyridine rings is 1. The van der Waals surface area contributed by atoms with Gasteiger partial charge in [0.1, 0.15) is 5.75 Å². The number of carbonyl (C=O) groups is 4. The highest BCUT2D eigenvalue weighted by atomic mass is 79.9. The molecule has 3 aliphatic rings. The van der Waals surface area contributed by atoms with Crippen molar-refractivity contribution >= 4 is 72.0 Å². The van der Waals surface area contributed by atoms with Gasteiger partial charge in [-0.25, -0.2) is 9.78 Å². The van der Waals surface area contributed by atoms with Gasteiger partial charge in [0.2, 0.25) is 11.8 Å². The second kappa shape index (κ2) is 11.5. The van der Waals surface area contributed by atoms with E-state index in [2.05, 4.69) is 31.9 Å². The molecular weight excluding hydrogens is 704 g/mol. The highest BCUT2D eigenvalue weighted by Gasteiger charge is 2.66. The average Bonchev–Trinajstić information content (AvgIpc) is 3.67. The monoisotopic (exact) mass is 730 g/mol. The fourth-order valence-electron chi connectivity index (χ4n) is 7.11. The van der Waals surface area contributed by atoms with Gasteiger partial charge in [-0.3, -0.25) is 19.3 Å². The highest BCUT2D eigenvalue weighted by molar-refractivity contribution is 9.12. The normalized spacial score (nSPS) is 25.1. The van der Waals surface area contributed by atoms with Crippen LogP contribution in [0.1, 0.15) is 32.7 Å². The summed E-state index contributed by atoms with van der Waals surface area (Å²) in [5.41, 5.74) is 3.97. The third-order valence-corrected chi connectivity index (χ3v) is 12.5. The average molecular weight is 732 g/mol. The van der Waals surface area contributed by atoms with Gasteiger partial charge in [0.25, 0.3) is 0 Å². The van der Waals surface area contributed by atoms with Crippen LogP contribution in [0.3, 0.4) is 0 Å². The number of rotatable bonds is 7. The molecule has 3 aromatic carbocycles. The Morgan fingerprint density at radius 3 is 2.16 bits per heavy atom. The Labute approximate surface area is 276 Å². The molecule has 6 atom stereocenters. The number of nitrogens with zero attached hydrogens (tertiary/aromatic N) is 2. The number of Topliss-reactive ketones (excluding diaryl/α,β-unsaturated/α-hetero) is 1. The van der Waals surface area contributed by atoms with E-state index in [0.29, 0.717) is 39.2 Å². The number of anilines is 1. The van der Waals surface area contributed by atoms with E-state index in [1.807, 2.05) is 25.1 Å². The zero-order valence-corrected chi connectivity index (χ0v) is 27.6. The fourth-order valence-corrected chi connectivity index (χ4v) is 8.98. The lowest BCUT2D eigenvalue weighted by Gasteiger charge is -2.28. The minimum Gasteiger partial charge on any atom is -0.497 e. The fraction of sp³-hybridized carbons (Fsp3) is 0.286. The molecule has 0 radical (unpaired) electrons. The van der Waals surface area contributed by atoms with Crippen LogP contribution in [0.25, 0.3) is 22.2 Å². The van der Waals surface area contributed by atoms with Gasteiger partial charge in [0, 0.05) is 26.2 Å². The molecule has 8 nitrogen and oxygen atoms in total. The van der Waals surface area contributed by atoms with Crippen LogP contribution < -0.4 is 9.64 Å². The minimum absolute atomic E-state index is 0.137. The van der Waals surface area contributed by atoms with Crippen molar-refractivity contribution in [1.82, 2.24) is 4.98 Å². The highest BCUT2D eigenvalue weighted by Crippen LogP contribution is 2.60. The number of aryl methyl sites for hydroxylation is 1. The largest absolute Gasteiger partial charge is 0.497 e. The molecule has 2 bridgehead atoms. The molecule has 6 unspecified atom stereocenters. The number of esters is 1. The molecule has 2 aliphatic carbocycles. The van der Waals surface area contributed by atoms with Gasteiger partial charge >= 0.3 is 5.97 Å². The van der Waals surface area contributed by atoms with Gasteiger partial charge in [-0.2, -0.15) is 0 Å². The van der Waals surface area contributed by atoms with Gasteiger partial charge in [-0.05, 0) is 79.8 Å². The summed E-state index contributed by atoms with van der Waals surface area (Å²) in [5, 5.41) is 0.613. The number of ketones is 1. The van der Waals surface area contributed by atoms with Crippen molar-refractivity contribution in [2.24, 2.45) is 23.7 Å². The first-order chi connectivity index (χ1) is 21.7. The number of alkyl halides is 2. The van der Waals surface area contributed by atoms with Crippen LogP contribution in [0.5, 0.6) is 5.75 Å². The third kappa shape index (κ3) is 4.98. The second-order valence-corrected chi connectivity index (χ2v) is 14.0. The number of hydrogen-bond acceptors (Lipinski definition) is 7. The quantitative estimate of drug-likeness (QED) is 0.0921. The lowest BCUT2D eigenvalue weighted by molar-refractivity contribution is -0.123. The molecule has 1 saturated heterocycles. The van der Waals surface area contributed by atoms with E-state index in [0.717, 1.165) is 12.0 Å². The molecule has 45 heavy (non-hydrogen) atoms. The van der Waals surface area contributed by atoms with Gasteiger partial charge < -0.3 is 9.47 Å². The van der Waals surface area contributed by atoms with E-state index in [9.17, 15) is 19.2 Å². The summed E-state index contributed by atoms with van der Waals surface area (Å²) in [4.78, 5) is 59.6. The number of halogens is 2. The van der Waals surface area contributed by atoms with Gasteiger partial charge in [-0.1, -0.05) is 55.6 Å². The molecule has 4 aromatic rings. The molecule has 3 fully saturated rings. The van der Waals surface area contributed by atoms with Crippen molar-refractivity contribution in [2.75, 3.05) is 18.6 Å². The summed E-state index contributed by atoms with van der Waals surface area (Å²) in [5.74, 6) is -0.940. The van der Waals surface area contributed by atoms with Crippen LogP contribution >= 0.6 is 31.9 Å². The van der Waals surface area contributed by atoms with Crippen LogP contribution in [-0.4, -0.2) is 51.9 Å². The molecule has 0 spiro atoms. The first-order valence-corrected chi connectivity index (χ1v) is 16.5. The zero-order valence-electron chi connectivity index (χ0n) is 24.4. The van der Waals surface area contributed by atoms with Crippen molar-refractivity contribution in [3.8, 4) is 17.0 Å². The molecule has 1 aliphatic heterocycles. The molecule has 1 aromatic heterocycles. The molecule has 228 valence electrons. The maximum atomic E-state index is 13.5. The molecule has 7 rings (SSSR count). The number of fused-ring (bicyclic) bond motifs is 6. The Kier molecular flexibility index (Phi) is 7.60. The second-order valence-electron chi connectivity index (χ2n) is 11.9. The van der Waals surface area contributed by atoms with Crippen LogP contribution in [0.2, 0.25) is 0 Å². The van der Waals surface area contributed by atoms with Crippen LogP contribution in [0.15, 0.2) is 72.8 Å². The number of ether oxygens (including phenoxy) is 2. The number of hydrogen-bond donors (Lipinski definition) is 0. The lowest BCUT2D eigenvalue weighted by Crippen LogP contribution is -2.37. The molecular formula is C35H28Br2N2O6. The predicted octanol–water partition coefficient (Wildman–Crippen LogP) is 6.54. The first-order valence-electron chi connectivity index (χ1n) is 14.7. The Hall–Kier alpha value is -3.89. The summed E-state index contributed by atoms with van der Waals surface area (Å²) < 4.78 is 10.6. The van der Waals surface area contributed by atoms with E-state index >= 15 is 0 Å². The molecule has 10 heteroatoms. The number of carbonyl (C=O) groups excluding carboxylic acids is 4. The Morgan fingerprint density at radius 1 is 0.889 bits per heavy atom. The van der Waals surface area contributed by atoms with Gasteiger partial charge in [0.15, 0.2) is 12.4 Å². The standard InChI is InChI=1S/C35H28Br2N2O6/c1-17-3-12-26-22(13-17)23(35(43)45-16-28(40)19-6-10-21(44-2)11-7-19)15-27(38-26)18-4-8-20(9-5-18)39-33(41)29-24-14-25(30(29)34(39)42)32(37)31(24)36/h3-13,15,24-25,29-32H,14,16H2,1-2H3. The van der Waals surface area contributed by atoms with Crippen LogP contribution in [0, 0.1) is 30.6 Å². The summed E-state index contributed by atoms with van der Waals surface area (Å²) >= 11 is 7.47. The zero-order chi connectivity index (χ0) is 31.6. The molecule has 2 heterocycles. The van der Waals surface area contributed by atoms with Crippen molar-refractivity contribution < 1.29 is 28.7 Å². The minimum atomic E-state index is -0.641. The summed E-state index contributed by atoms with van der Waals surface area (Å²) in [6, 6.07) is 20.9. The number of aromatic nitrogens is 1. The Balaban J connectivity index is 1.15.